The lowest BCUT2D eigenvalue weighted by Crippen LogP contribution is -2.28. The van der Waals surface area contributed by atoms with Gasteiger partial charge in [-0.3, -0.25) is 14.3 Å². The van der Waals surface area contributed by atoms with E-state index in [1.165, 1.54) is 36.6 Å². The normalized spacial score (nSPS) is 18.6. The summed E-state index contributed by atoms with van der Waals surface area (Å²) >= 11 is 1.47. The van der Waals surface area contributed by atoms with Gasteiger partial charge in [-0.1, -0.05) is 61.9 Å². The molecule has 1 fully saturated rings. The van der Waals surface area contributed by atoms with Crippen molar-refractivity contribution in [2.45, 2.75) is 50.2 Å². The molecule has 1 N–H and O–H groups in total. The number of thioether (sulfide) groups is 1. The van der Waals surface area contributed by atoms with Gasteiger partial charge in [0.1, 0.15) is 0 Å². The quantitative estimate of drug-likeness (QED) is 0.526. The number of amides is 1. The van der Waals surface area contributed by atoms with Crippen molar-refractivity contribution in [3.8, 4) is 11.4 Å². The number of nitrogens with one attached hydrogen (secondary N) is 1. The van der Waals surface area contributed by atoms with E-state index in [-0.39, 0.29) is 5.91 Å². The monoisotopic (exact) mass is 435 g/mol. The molecular weight excluding hydrogens is 406 g/mol. The number of hydrogen-bond acceptors (Lipinski definition) is 5. The van der Waals surface area contributed by atoms with Gasteiger partial charge in [-0.25, -0.2) is 0 Å². The van der Waals surface area contributed by atoms with E-state index in [2.05, 4.69) is 44.1 Å². The van der Waals surface area contributed by atoms with Crippen LogP contribution in [0.5, 0.6) is 0 Å². The number of benzene rings is 1. The predicted octanol–water partition coefficient (Wildman–Crippen LogP) is 4.54. The lowest BCUT2D eigenvalue weighted by molar-refractivity contribution is -0.118. The fraction of sp³-hybridized carbons (Fsp3) is 0.417. The van der Waals surface area contributed by atoms with Crippen LogP contribution in [-0.2, 0) is 11.2 Å². The standard InChI is InChI=1S/C24H29N5OS/c1-18-8-5-6-12-21(18)29-23(20-11-7-14-25-16-20)27-28-24(29)31-17-22(30)26-15-13-19-9-3-2-4-10-19/h2-4,7,9-11,14,16,18,21H,5-6,8,12-13,15,17H2,1H3,(H,26,30)/t18-,21-/m0/s1. The Morgan fingerprint density at radius 1 is 1.13 bits per heavy atom. The van der Waals surface area contributed by atoms with Gasteiger partial charge in [0.15, 0.2) is 11.0 Å². The first-order valence-electron chi connectivity index (χ1n) is 11.0. The van der Waals surface area contributed by atoms with Crippen LogP contribution in [0, 0.1) is 5.92 Å². The molecule has 31 heavy (non-hydrogen) atoms. The molecule has 3 aromatic rings. The minimum atomic E-state index is 0.0232. The molecule has 4 rings (SSSR count). The summed E-state index contributed by atoms with van der Waals surface area (Å²) in [5.41, 5.74) is 2.19. The SMILES string of the molecule is C[C@H]1CCCC[C@@H]1n1c(SCC(=O)NCCc2ccccc2)nnc1-c1cccnc1. The Morgan fingerprint density at radius 3 is 2.74 bits per heavy atom. The molecule has 0 spiro atoms. The number of carbonyl (C=O) groups excluding carboxylic acids is 1. The van der Waals surface area contributed by atoms with E-state index < -0.39 is 0 Å². The van der Waals surface area contributed by atoms with Crippen LogP contribution in [0.2, 0.25) is 0 Å². The van der Waals surface area contributed by atoms with E-state index in [4.69, 9.17) is 0 Å². The van der Waals surface area contributed by atoms with Crippen LogP contribution in [-0.4, -0.2) is 38.0 Å². The number of pyridine rings is 1. The largest absolute Gasteiger partial charge is 0.355 e. The maximum Gasteiger partial charge on any atom is 0.230 e. The number of rotatable bonds is 8. The summed E-state index contributed by atoms with van der Waals surface area (Å²) in [5, 5.41) is 12.8. The van der Waals surface area contributed by atoms with Crippen LogP contribution in [0.4, 0.5) is 0 Å². The van der Waals surface area contributed by atoms with Crippen LogP contribution < -0.4 is 5.32 Å². The van der Waals surface area contributed by atoms with E-state index in [9.17, 15) is 4.79 Å². The molecule has 2 atom stereocenters. The first-order valence-corrected chi connectivity index (χ1v) is 12.0. The average molecular weight is 436 g/mol. The molecule has 1 aliphatic carbocycles. The molecule has 0 aliphatic heterocycles. The van der Waals surface area contributed by atoms with Crippen molar-refractivity contribution in [3.63, 3.8) is 0 Å². The third kappa shape index (κ3) is 5.53. The molecule has 6 nitrogen and oxygen atoms in total. The molecule has 1 aliphatic rings. The summed E-state index contributed by atoms with van der Waals surface area (Å²) in [5.74, 6) is 1.76. The Hall–Kier alpha value is -2.67. The van der Waals surface area contributed by atoms with Crippen LogP contribution in [0.3, 0.4) is 0 Å². The number of carbonyl (C=O) groups is 1. The number of hydrogen-bond donors (Lipinski definition) is 1. The minimum absolute atomic E-state index is 0.0232. The zero-order chi connectivity index (χ0) is 21.5. The van der Waals surface area contributed by atoms with E-state index in [1.807, 2.05) is 36.5 Å². The fourth-order valence-corrected chi connectivity index (χ4v) is 5.04. The van der Waals surface area contributed by atoms with Crippen LogP contribution in [0.15, 0.2) is 60.0 Å². The Labute approximate surface area is 187 Å². The predicted molar refractivity (Wildman–Crippen MR) is 124 cm³/mol. The van der Waals surface area contributed by atoms with Gasteiger partial charge >= 0.3 is 0 Å². The molecule has 2 aromatic heterocycles. The first kappa shape index (κ1) is 21.6. The van der Waals surface area contributed by atoms with Crippen LogP contribution >= 0.6 is 11.8 Å². The second-order valence-corrected chi connectivity index (χ2v) is 9.06. The van der Waals surface area contributed by atoms with Gasteiger partial charge in [0.2, 0.25) is 5.91 Å². The fourth-order valence-electron chi connectivity index (χ4n) is 4.22. The molecule has 1 aromatic carbocycles. The summed E-state index contributed by atoms with van der Waals surface area (Å²) in [7, 11) is 0. The summed E-state index contributed by atoms with van der Waals surface area (Å²) in [6.07, 6.45) is 9.24. The van der Waals surface area contributed by atoms with Crippen LogP contribution in [0.25, 0.3) is 11.4 Å². The van der Waals surface area contributed by atoms with E-state index in [0.717, 1.165) is 29.4 Å². The smallest absolute Gasteiger partial charge is 0.230 e. The molecule has 7 heteroatoms. The minimum Gasteiger partial charge on any atom is -0.355 e. The topological polar surface area (TPSA) is 72.7 Å². The number of aromatic nitrogens is 4. The molecule has 0 unspecified atom stereocenters. The highest BCUT2D eigenvalue weighted by Gasteiger charge is 2.28. The summed E-state index contributed by atoms with van der Waals surface area (Å²) in [6.45, 7) is 2.94. The molecular formula is C24H29N5OS. The summed E-state index contributed by atoms with van der Waals surface area (Å²) in [4.78, 5) is 16.7. The highest BCUT2D eigenvalue weighted by atomic mass is 32.2. The molecule has 162 valence electrons. The van der Waals surface area contributed by atoms with E-state index >= 15 is 0 Å². The van der Waals surface area contributed by atoms with E-state index in [1.54, 1.807) is 6.20 Å². The first-order chi connectivity index (χ1) is 15.2. The summed E-state index contributed by atoms with van der Waals surface area (Å²) < 4.78 is 2.25. The van der Waals surface area contributed by atoms with Gasteiger partial charge in [0, 0.05) is 30.5 Å². The third-order valence-corrected chi connectivity index (χ3v) is 6.84. The maximum absolute atomic E-state index is 12.4. The second-order valence-electron chi connectivity index (χ2n) is 8.12. The molecule has 0 bridgehead atoms. The van der Waals surface area contributed by atoms with Crippen molar-refractivity contribution in [2.24, 2.45) is 5.92 Å². The van der Waals surface area contributed by atoms with Gasteiger partial charge in [-0.05, 0) is 42.9 Å². The Morgan fingerprint density at radius 2 is 1.97 bits per heavy atom. The average Bonchev–Trinajstić information content (AvgIpc) is 3.23. The van der Waals surface area contributed by atoms with Crippen molar-refractivity contribution in [1.82, 2.24) is 25.1 Å². The zero-order valence-electron chi connectivity index (χ0n) is 17.9. The highest BCUT2D eigenvalue weighted by Crippen LogP contribution is 2.38. The molecule has 1 saturated carbocycles. The van der Waals surface area contributed by atoms with Gasteiger partial charge in [0.25, 0.3) is 0 Å². The van der Waals surface area contributed by atoms with Gasteiger partial charge in [0.05, 0.1) is 5.75 Å². The van der Waals surface area contributed by atoms with Gasteiger partial charge in [-0.15, -0.1) is 10.2 Å². The highest BCUT2D eigenvalue weighted by molar-refractivity contribution is 7.99. The molecule has 0 radical (unpaired) electrons. The Balaban J connectivity index is 1.43. The number of nitrogens with zero attached hydrogens (tertiary/aromatic N) is 4. The van der Waals surface area contributed by atoms with Crippen molar-refractivity contribution < 1.29 is 4.79 Å². The van der Waals surface area contributed by atoms with Crippen molar-refractivity contribution in [1.29, 1.82) is 0 Å². The van der Waals surface area contributed by atoms with Crippen molar-refractivity contribution in [3.05, 3.63) is 60.4 Å². The van der Waals surface area contributed by atoms with Crippen molar-refractivity contribution >= 4 is 17.7 Å². The zero-order valence-corrected chi connectivity index (χ0v) is 18.7. The Bertz CT molecular complexity index is 976. The van der Waals surface area contributed by atoms with E-state index in [0.29, 0.717) is 24.3 Å². The van der Waals surface area contributed by atoms with Gasteiger partial charge < -0.3 is 5.32 Å². The van der Waals surface area contributed by atoms with Crippen molar-refractivity contribution in [2.75, 3.05) is 12.3 Å². The molecule has 1 amide bonds. The maximum atomic E-state index is 12.4. The summed E-state index contributed by atoms with van der Waals surface area (Å²) in [6, 6.07) is 14.5. The Kier molecular flexibility index (Phi) is 7.35. The lowest BCUT2D eigenvalue weighted by atomic mass is 9.85. The molecule has 2 heterocycles. The van der Waals surface area contributed by atoms with Crippen LogP contribution in [0.1, 0.15) is 44.2 Å². The second kappa shape index (κ2) is 10.6. The third-order valence-electron chi connectivity index (χ3n) is 5.89. The molecule has 0 saturated heterocycles. The van der Waals surface area contributed by atoms with Gasteiger partial charge in [-0.2, -0.15) is 0 Å². The lowest BCUT2D eigenvalue weighted by Gasteiger charge is -2.31.